The summed E-state index contributed by atoms with van der Waals surface area (Å²) in [5, 5.41) is 11.1. The van der Waals surface area contributed by atoms with E-state index in [2.05, 4.69) is 9.89 Å². The molecule has 0 aromatic heterocycles. The predicted octanol–water partition coefficient (Wildman–Crippen LogP) is 2.00. The molecule has 0 spiro atoms. The fourth-order valence-corrected chi connectivity index (χ4v) is 1.22. The molecule has 100 valence electrons. The van der Waals surface area contributed by atoms with Gasteiger partial charge in [0.2, 0.25) is 0 Å². The van der Waals surface area contributed by atoms with Crippen LogP contribution >= 0.6 is 0 Å². The fourth-order valence-electron chi connectivity index (χ4n) is 1.22. The van der Waals surface area contributed by atoms with Crippen LogP contribution in [0.2, 0.25) is 0 Å². The maximum Gasteiger partial charge on any atom is 0.411 e. The largest absolute Gasteiger partial charge is 0.411 e. The van der Waals surface area contributed by atoms with Gasteiger partial charge >= 0.3 is 6.18 Å². The molecule has 0 saturated heterocycles. The van der Waals surface area contributed by atoms with Gasteiger partial charge in [-0.25, -0.2) is 4.39 Å². The number of rotatable bonds is 4. The highest BCUT2D eigenvalue weighted by molar-refractivity contribution is 5.97. The van der Waals surface area contributed by atoms with Gasteiger partial charge in [-0.15, -0.1) is 0 Å². The standard InChI is InChI=1S/C10H10F4N2O2/c11-8-2-6(4-18-5-10(12,13)14)1-7(3-8)9(15)16-17/h1-3,17H,4-5H2,(H2,15,16). The molecule has 0 radical (unpaired) electrons. The number of nitrogens with two attached hydrogens (primary N) is 1. The Morgan fingerprint density at radius 2 is 2.00 bits per heavy atom. The molecule has 0 fully saturated rings. The van der Waals surface area contributed by atoms with E-state index in [1.165, 1.54) is 6.07 Å². The Morgan fingerprint density at radius 1 is 1.33 bits per heavy atom. The van der Waals surface area contributed by atoms with Crippen LogP contribution in [0.25, 0.3) is 0 Å². The molecular formula is C10H10F4N2O2. The molecule has 0 unspecified atom stereocenters. The second-order valence-corrected chi connectivity index (χ2v) is 3.44. The molecule has 0 atom stereocenters. The molecule has 8 heteroatoms. The fraction of sp³-hybridized carbons (Fsp3) is 0.300. The number of ether oxygens (including phenoxy) is 1. The normalized spacial score (nSPS) is 12.8. The smallest absolute Gasteiger partial charge is 0.409 e. The van der Waals surface area contributed by atoms with Gasteiger partial charge < -0.3 is 15.7 Å². The number of amidine groups is 1. The van der Waals surface area contributed by atoms with E-state index in [0.717, 1.165) is 12.1 Å². The van der Waals surface area contributed by atoms with Crippen molar-refractivity contribution in [3.05, 3.63) is 35.1 Å². The number of alkyl halides is 3. The lowest BCUT2D eigenvalue weighted by Crippen LogP contribution is -2.17. The van der Waals surface area contributed by atoms with Crippen molar-refractivity contribution < 1.29 is 27.5 Å². The van der Waals surface area contributed by atoms with Crippen LogP contribution < -0.4 is 5.73 Å². The van der Waals surface area contributed by atoms with Gasteiger partial charge in [0.15, 0.2) is 5.84 Å². The SMILES string of the molecule is N/C(=N/O)c1cc(F)cc(COCC(F)(F)F)c1. The molecule has 18 heavy (non-hydrogen) atoms. The molecule has 0 aliphatic heterocycles. The highest BCUT2D eigenvalue weighted by atomic mass is 19.4. The summed E-state index contributed by atoms with van der Waals surface area (Å²) in [4.78, 5) is 0. The number of oxime groups is 1. The molecule has 1 aromatic rings. The van der Waals surface area contributed by atoms with Crippen LogP contribution in [0.5, 0.6) is 0 Å². The third kappa shape index (κ3) is 4.58. The first-order valence-corrected chi connectivity index (χ1v) is 4.73. The zero-order valence-electron chi connectivity index (χ0n) is 9.04. The Morgan fingerprint density at radius 3 is 2.56 bits per heavy atom. The van der Waals surface area contributed by atoms with Crippen molar-refractivity contribution in [1.29, 1.82) is 0 Å². The van der Waals surface area contributed by atoms with Gasteiger partial charge in [0.1, 0.15) is 12.4 Å². The Bertz CT molecular complexity index is 446. The van der Waals surface area contributed by atoms with Crippen LogP contribution in [-0.4, -0.2) is 23.8 Å². The molecule has 0 saturated carbocycles. The molecule has 3 N–H and O–H groups in total. The highest BCUT2D eigenvalue weighted by Gasteiger charge is 2.27. The molecular weight excluding hydrogens is 256 g/mol. The number of hydrogen-bond acceptors (Lipinski definition) is 3. The zero-order valence-corrected chi connectivity index (χ0v) is 9.04. The summed E-state index contributed by atoms with van der Waals surface area (Å²) in [6.07, 6.45) is -4.44. The maximum absolute atomic E-state index is 13.1. The second-order valence-electron chi connectivity index (χ2n) is 3.44. The Labute approximate surface area is 99.7 Å². The van der Waals surface area contributed by atoms with Crippen molar-refractivity contribution in [3.8, 4) is 0 Å². The van der Waals surface area contributed by atoms with Crippen LogP contribution in [0.1, 0.15) is 11.1 Å². The van der Waals surface area contributed by atoms with Crippen molar-refractivity contribution in [3.63, 3.8) is 0 Å². The van der Waals surface area contributed by atoms with Crippen molar-refractivity contribution in [2.45, 2.75) is 12.8 Å². The number of halogens is 4. The van der Waals surface area contributed by atoms with E-state index in [1.54, 1.807) is 0 Å². The van der Waals surface area contributed by atoms with Crippen LogP contribution in [0, 0.1) is 5.82 Å². The van der Waals surface area contributed by atoms with Crippen LogP contribution in [0.4, 0.5) is 17.6 Å². The molecule has 0 aliphatic rings. The van der Waals surface area contributed by atoms with Crippen molar-refractivity contribution in [2.24, 2.45) is 10.9 Å². The van der Waals surface area contributed by atoms with E-state index in [-0.39, 0.29) is 17.0 Å². The lowest BCUT2D eigenvalue weighted by atomic mass is 10.1. The maximum atomic E-state index is 13.1. The highest BCUT2D eigenvalue weighted by Crippen LogP contribution is 2.16. The van der Waals surface area contributed by atoms with E-state index in [9.17, 15) is 17.6 Å². The average molecular weight is 266 g/mol. The minimum atomic E-state index is -4.44. The second kappa shape index (κ2) is 5.67. The summed E-state index contributed by atoms with van der Waals surface area (Å²) in [6.45, 7) is -1.86. The zero-order chi connectivity index (χ0) is 13.8. The van der Waals surface area contributed by atoms with E-state index < -0.39 is 25.2 Å². The summed E-state index contributed by atoms with van der Waals surface area (Å²) in [7, 11) is 0. The Hall–Kier alpha value is -1.83. The third-order valence-corrected chi connectivity index (χ3v) is 1.90. The van der Waals surface area contributed by atoms with Gasteiger partial charge in [-0.05, 0) is 23.8 Å². The average Bonchev–Trinajstić information content (AvgIpc) is 2.25. The Balaban J connectivity index is 2.75. The van der Waals surface area contributed by atoms with Crippen LogP contribution in [-0.2, 0) is 11.3 Å². The van der Waals surface area contributed by atoms with E-state index in [4.69, 9.17) is 10.9 Å². The number of hydrogen-bond donors (Lipinski definition) is 2. The van der Waals surface area contributed by atoms with E-state index >= 15 is 0 Å². The van der Waals surface area contributed by atoms with Crippen LogP contribution in [0.15, 0.2) is 23.4 Å². The first-order chi connectivity index (χ1) is 8.31. The number of nitrogens with zero attached hydrogens (tertiary/aromatic N) is 1. The molecule has 0 aliphatic carbocycles. The van der Waals surface area contributed by atoms with E-state index in [0.29, 0.717) is 0 Å². The molecule has 1 rings (SSSR count). The van der Waals surface area contributed by atoms with Gasteiger partial charge in [0.05, 0.1) is 6.61 Å². The molecule has 0 bridgehead atoms. The quantitative estimate of drug-likeness (QED) is 0.288. The minimum absolute atomic E-state index is 0.0584. The summed E-state index contributed by atoms with van der Waals surface area (Å²) < 4.78 is 53.0. The van der Waals surface area contributed by atoms with Gasteiger partial charge in [-0.1, -0.05) is 5.16 Å². The first-order valence-electron chi connectivity index (χ1n) is 4.73. The molecule has 4 nitrogen and oxygen atoms in total. The minimum Gasteiger partial charge on any atom is -0.409 e. The Kier molecular flexibility index (Phi) is 4.49. The van der Waals surface area contributed by atoms with Crippen molar-refractivity contribution in [1.82, 2.24) is 0 Å². The predicted molar refractivity (Wildman–Crippen MR) is 54.6 cm³/mol. The lowest BCUT2D eigenvalue weighted by Gasteiger charge is -2.08. The summed E-state index contributed by atoms with van der Waals surface area (Å²) in [6, 6.07) is 3.27. The van der Waals surface area contributed by atoms with Crippen molar-refractivity contribution >= 4 is 5.84 Å². The first kappa shape index (κ1) is 14.2. The summed E-state index contributed by atoms with van der Waals surface area (Å²) >= 11 is 0. The lowest BCUT2D eigenvalue weighted by molar-refractivity contribution is -0.176. The van der Waals surface area contributed by atoms with Gasteiger partial charge in [-0.2, -0.15) is 13.2 Å². The van der Waals surface area contributed by atoms with Gasteiger partial charge in [-0.3, -0.25) is 0 Å². The van der Waals surface area contributed by atoms with Crippen molar-refractivity contribution in [2.75, 3.05) is 6.61 Å². The van der Waals surface area contributed by atoms with E-state index in [1.807, 2.05) is 0 Å². The molecule has 0 amide bonds. The summed E-state index contributed by atoms with van der Waals surface area (Å²) in [5.74, 6) is -1.06. The third-order valence-electron chi connectivity index (χ3n) is 1.90. The summed E-state index contributed by atoms with van der Waals surface area (Å²) in [5.41, 5.74) is 5.45. The van der Waals surface area contributed by atoms with Gasteiger partial charge in [0.25, 0.3) is 0 Å². The monoisotopic (exact) mass is 266 g/mol. The van der Waals surface area contributed by atoms with Crippen LogP contribution in [0.3, 0.4) is 0 Å². The topological polar surface area (TPSA) is 67.8 Å². The molecule has 1 aromatic carbocycles. The number of benzene rings is 1. The molecule has 0 heterocycles. The van der Waals surface area contributed by atoms with Gasteiger partial charge in [0, 0.05) is 5.56 Å².